The van der Waals surface area contributed by atoms with Crippen LogP contribution in [0.25, 0.3) is 11.3 Å². The van der Waals surface area contributed by atoms with Crippen LogP contribution in [0.2, 0.25) is 0 Å². The van der Waals surface area contributed by atoms with Gasteiger partial charge in [0.1, 0.15) is 0 Å². The third kappa shape index (κ3) is 3.60. The fourth-order valence-electron chi connectivity index (χ4n) is 4.31. The summed E-state index contributed by atoms with van der Waals surface area (Å²) in [5.74, 6) is 1.49. The van der Waals surface area contributed by atoms with E-state index in [-0.39, 0.29) is 0 Å². The highest BCUT2D eigenvalue weighted by molar-refractivity contribution is 5.75. The van der Waals surface area contributed by atoms with E-state index in [1.807, 2.05) is 0 Å². The number of likely N-dealkylation sites (tertiary alicyclic amines) is 1. The molecule has 158 valence electrons. The first-order chi connectivity index (χ1) is 14.3. The van der Waals surface area contributed by atoms with Gasteiger partial charge >= 0.3 is 0 Å². The molecule has 2 aromatic heterocycles. The zero-order chi connectivity index (χ0) is 21.6. The molecule has 0 atom stereocenters. The number of benzene rings is 1. The highest BCUT2D eigenvalue weighted by Gasteiger charge is 2.30. The predicted octanol–water partition coefficient (Wildman–Crippen LogP) is 5.74. The van der Waals surface area contributed by atoms with E-state index < -0.39 is 0 Å². The summed E-state index contributed by atoms with van der Waals surface area (Å²) in [6.45, 7) is 20.6. The Balaban J connectivity index is 1.66. The van der Waals surface area contributed by atoms with Gasteiger partial charge in [0.05, 0.1) is 11.4 Å². The Kier molecular flexibility index (Phi) is 5.35. The maximum absolute atomic E-state index is 4.84. The van der Waals surface area contributed by atoms with Crippen molar-refractivity contribution in [3.63, 3.8) is 0 Å². The van der Waals surface area contributed by atoms with E-state index in [4.69, 9.17) is 4.98 Å². The van der Waals surface area contributed by atoms with E-state index in [2.05, 4.69) is 93.2 Å². The summed E-state index contributed by atoms with van der Waals surface area (Å²) in [6, 6.07) is 8.70. The molecule has 3 heterocycles. The van der Waals surface area contributed by atoms with E-state index in [1.165, 1.54) is 22.4 Å². The second-order valence-electron chi connectivity index (χ2n) is 9.20. The lowest BCUT2D eigenvalue weighted by molar-refractivity contribution is 0.130. The minimum Gasteiger partial charge on any atom is -0.378 e. The van der Waals surface area contributed by atoms with Crippen LogP contribution in [0.5, 0.6) is 0 Å². The molecule has 0 unspecified atom stereocenters. The fourth-order valence-corrected chi connectivity index (χ4v) is 4.31. The van der Waals surface area contributed by atoms with Crippen LogP contribution < -0.4 is 5.32 Å². The summed E-state index contributed by atoms with van der Waals surface area (Å²) in [5, 5.41) is 3.68. The molecule has 30 heavy (non-hydrogen) atoms. The van der Waals surface area contributed by atoms with Crippen LogP contribution in [0.4, 0.5) is 5.69 Å². The van der Waals surface area contributed by atoms with Crippen LogP contribution in [0.15, 0.2) is 37.0 Å². The van der Waals surface area contributed by atoms with Gasteiger partial charge in [0.25, 0.3) is 0 Å². The molecule has 0 saturated carbocycles. The number of aryl methyl sites for hydroxylation is 4. The molecule has 3 aromatic rings. The number of anilines is 1. The zero-order valence-electron chi connectivity index (χ0n) is 19.2. The zero-order valence-corrected chi connectivity index (χ0v) is 19.2. The highest BCUT2D eigenvalue weighted by Crippen LogP contribution is 2.33. The van der Waals surface area contributed by atoms with Gasteiger partial charge in [0.2, 0.25) is 0 Å². The van der Waals surface area contributed by atoms with Gasteiger partial charge in [-0.15, -0.1) is 0 Å². The van der Waals surface area contributed by atoms with Gasteiger partial charge in [0, 0.05) is 42.8 Å². The molecule has 0 amide bonds. The van der Waals surface area contributed by atoms with Gasteiger partial charge in [-0.25, -0.2) is 4.98 Å². The molecule has 1 N–H and O–H groups in total. The Morgan fingerprint density at radius 3 is 2.47 bits per heavy atom. The van der Waals surface area contributed by atoms with Crippen molar-refractivity contribution in [3.05, 3.63) is 70.7 Å². The van der Waals surface area contributed by atoms with Crippen molar-refractivity contribution in [2.45, 2.75) is 48.1 Å². The second kappa shape index (κ2) is 7.82. The molecule has 0 spiro atoms. The Morgan fingerprint density at radius 2 is 1.83 bits per heavy atom. The van der Waals surface area contributed by atoms with Crippen molar-refractivity contribution in [2.75, 3.05) is 18.4 Å². The van der Waals surface area contributed by atoms with Gasteiger partial charge < -0.3 is 14.6 Å². The molecular formula is C26H34N4. The molecule has 1 aliphatic heterocycles. The summed E-state index contributed by atoms with van der Waals surface area (Å²) < 4.78 is 2.21. The number of pyridine rings is 1. The smallest absolute Gasteiger partial charge is 0.160 e. The Labute approximate surface area is 180 Å². The van der Waals surface area contributed by atoms with Crippen molar-refractivity contribution < 1.29 is 0 Å². The summed E-state index contributed by atoms with van der Waals surface area (Å²) >= 11 is 0. The predicted molar refractivity (Wildman–Crippen MR) is 127 cm³/mol. The second-order valence-corrected chi connectivity index (χ2v) is 9.20. The average molecular weight is 403 g/mol. The SMILES string of the molecule is C=C(c1cc(NCc2c(C)cccc2C)c2nc(C)c(C)n2c1)N1CC(C(C)C)C1. The molecule has 1 aromatic carbocycles. The molecule has 4 rings (SSSR count). The maximum Gasteiger partial charge on any atom is 0.160 e. The van der Waals surface area contributed by atoms with E-state index in [9.17, 15) is 0 Å². The molecule has 4 nitrogen and oxygen atoms in total. The van der Waals surface area contributed by atoms with Crippen LogP contribution >= 0.6 is 0 Å². The van der Waals surface area contributed by atoms with Gasteiger partial charge in [-0.2, -0.15) is 0 Å². The highest BCUT2D eigenvalue weighted by atomic mass is 15.2. The van der Waals surface area contributed by atoms with Gasteiger partial charge in [0.15, 0.2) is 5.65 Å². The van der Waals surface area contributed by atoms with Crippen LogP contribution in [-0.4, -0.2) is 27.4 Å². The number of rotatable bonds is 6. The number of hydrogen-bond acceptors (Lipinski definition) is 3. The van der Waals surface area contributed by atoms with Crippen LogP contribution in [-0.2, 0) is 6.54 Å². The van der Waals surface area contributed by atoms with Crippen LogP contribution in [0.3, 0.4) is 0 Å². The molecular weight excluding hydrogens is 368 g/mol. The summed E-state index contributed by atoms with van der Waals surface area (Å²) in [5.41, 5.74) is 10.5. The van der Waals surface area contributed by atoms with E-state index in [0.717, 1.165) is 59.8 Å². The fraction of sp³-hybridized carbons (Fsp3) is 0.423. The lowest BCUT2D eigenvalue weighted by Gasteiger charge is -2.44. The summed E-state index contributed by atoms with van der Waals surface area (Å²) in [6.07, 6.45) is 2.19. The molecule has 0 aliphatic carbocycles. The number of nitrogens with zero attached hydrogens (tertiary/aromatic N) is 3. The Morgan fingerprint density at radius 1 is 1.17 bits per heavy atom. The lowest BCUT2D eigenvalue weighted by Crippen LogP contribution is -2.47. The summed E-state index contributed by atoms with van der Waals surface area (Å²) in [7, 11) is 0. The molecule has 1 saturated heterocycles. The first-order valence-corrected chi connectivity index (χ1v) is 11.0. The third-order valence-electron chi connectivity index (χ3n) is 6.86. The first-order valence-electron chi connectivity index (χ1n) is 11.0. The van der Waals surface area contributed by atoms with Gasteiger partial charge in [-0.3, -0.25) is 0 Å². The normalized spacial score (nSPS) is 14.4. The quantitative estimate of drug-likeness (QED) is 0.571. The molecule has 0 bridgehead atoms. The van der Waals surface area contributed by atoms with E-state index in [1.54, 1.807) is 0 Å². The largest absolute Gasteiger partial charge is 0.378 e. The van der Waals surface area contributed by atoms with E-state index in [0.29, 0.717) is 0 Å². The van der Waals surface area contributed by atoms with Crippen molar-refractivity contribution in [2.24, 2.45) is 11.8 Å². The van der Waals surface area contributed by atoms with Crippen molar-refractivity contribution in [1.29, 1.82) is 0 Å². The lowest BCUT2D eigenvalue weighted by atomic mass is 9.87. The Hall–Kier alpha value is -2.75. The van der Waals surface area contributed by atoms with Crippen molar-refractivity contribution >= 4 is 17.0 Å². The number of aromatic nitrogens is 2. The minimum absolute atomic E-state index is 0.727. The third-order valence-corrected chi connectivity index (χ3v) is 6.86. The molecule has 1 fully saturated rings. The average Bonchev–Trinajstić information content (AvgIpc) is 2.94. The topological polar surface area (TPSA) is 32.6 Å². The monoisotopic (exact) mass is 402 g/mol. The van der Waals surface area contributed by atoms with Crippen molar-refractivity contribution in [1.82, 2.24) is 14.3 Å². The molecule has 1 aliphatic rings. The van der Waals surface area contributed by atoms with Gasteiger partial charge in [-0.1, -0.05) is 38.6 Å². The van der Waals surface area contributed by atoms with Crippen LogP contribution in [0, 0.1) is 39.5 Å². The minimum atomic E-state index is 0.727. The number of nitrogens with one attached hydrogen (secondary N) is 1. The maximum atomic E-state index is 4.84. The van der Waals surface area contributed by atoms with Crippen LogP contribution in [0.1, 0.15) is 47.5 Å². The van der Waals surface area contributed by atoms with Crippen molar-refractivity contribution in [3.8, 4) is 0 Å². The summed E-state index contributed by atoms with van der Waals surface area (Å²) in [4.78, 5) is 7.24. The standard InChI is InChI=1S/C26H34N4/c1-16(2)23-13-29(14-23)21(7)22-11-25(26-28-19(5)20(6)30(26)15-22)27-12-24-17(3)9-8-10-18(24)4/h8-11,15-16,23,27H,7,12-14H2,1-6H3. The first kappa shape index (κ1) is 20.5. The number of hydrogen-bond donors (Lipinski definition) is 1. The number of imidazole rings is 1. The molecule has 4 heteroatoms. The number of fused-ring (bicyclic) bond motifs is 1. The van der Waals surface area contributed by atoms with Gasteiger partial charge in [-0.05, 0) is 62.3 Å². The molecule has 0 radical (unpaired) electrons. The van der Waals surface area contributed by atoms with E-state index >= 15 is 0 Å². The Bertz CT molecular complexity index is 1080.